The van der Waals surface area contributed by atoms with E-state index in [4.69, 9.17) is 5.11 Å². The van der Waals surface area contributed by atoms with Crippen molar-refractivity contribution >= 4 is 18.5 Å². The van der Waals surface area contributed by atoms with E-state index in [1.54, 1.807) is 6.92 Å². The SMILES string of the molecule is CC(C)CC=O.CCC(C)C(=O)O.CCC(C)C=O. The van der Waals surface area contributed by atoms with Crippen LogP contribution in [-0.4, -0.2) is 23.6 Å². The van der Waals surface area contributed by atoms with Crippen LogP contribution in [0.15, 0.2) is 0 Å². The van der Waals surface area contributed by atoms with Gasteiger partial charge in [0.25, 0.3) is 0 Å². The van der Waals surface area contributed by atoms with Gasteiger partial charge in [0.1, 0.15) is 12.6 Å². The predicted octanol–water partition coefficient (Wildman–Crippen LogP) is 3.58. The molecule has 0 aliphatic carbocycles. The van der Waals surface area contributed by atoms with Crippen LogP contribution in [0.5, 0.6) is 0 Å². The van der Waals surface area contributed by atoms with Gasteiger partial charge in [0, 0.05) is 12.3 Å². The predicted molar refractivity (Wildman–Crippen MR) is 78.1 cm³/mol. The molecule has 0 bridgehead atoms. The van der Waals surface area contributed by atoms with Gasteiger partial charge in [-0.15, -0.1) is 0 Å². The summed E-state index contributed by atoms with van der Waals surface area (Å²) in [7, 11) is 0. The van der Waals surface area contributed by atoms with Crippen molar-refractivity contribution in [2.75, 3.05) is 0 Å². The first-order valence-corrected chi connectivity index (χ1v) is 6.88. The molecule has 0 saturated carbocycles. The van der Waals surface area contributed by atoms with Gasteiger partial charge in [-0.25, -0.2) is 0 Å². The molecule has 2 atom stereocenters. The fraction of sp³-hybridized carbons (Fsp3) is 0.800. The molecule has 0 aliphatic heterocycles. The van der Waals surface area contributed by atoms with Crippen LogP contribution in [0.1, 0.15) is 60.8 Å². The van der Waals surface area contributed by atoms with E-state index in [1.165, 1.54) is 0 Å². The topological polar surface area (TPSA) is 71.4 Å². The van der Waals surface area contributed by atoms with Crippen molar-refractivity contribution in [3.05, 3.63) is 0 Å². The smallest absolute Gasteiger partial charge is 0.306 e. The number of carboxylic acid groups (broad SMARTS) is 1. The molecule has 2 unspecified atom stereocenters. The lowest BCUT2D eigenvalue weighted by molar-refractivity contribution is -0.141. The number of aliphatic carboxylic acids is 1. The summed E-state index contributed by atoms with van der Waals surface area (Å²) in [5.74, 6) is -0.102. The lowest BCUT2D eigenvalue weighted by atomic mass is 10.1. The summed E-state index contributed by atoms with van der Waals surface area (Å²) < 4.78 is 0. The minimum Gasteiger partial charge on any atom is -0.481 e. The van der Waals surface area contributed by atoms with Gasteiger partial charge in [-0.3, -0.25) is 4.79 Å². The molecule has 19 heavy (non-hydrogen) atoms. The third-order valence-corrected chi connectivity index (χ3v) is 2.48. The van der Waals surface area contributed by atoms with Gasteiger partial charge in [0.15, 0.2) is 0 Å². The van der Waals surface area contributed by atoms with E-state index in [0.717, 1.165) is 25.4 Å². The molecule has 0 rings (SSSR count). The van der Waals surface area contributed by atoms with Gasteiger partial charge < -0.3 is 14.7 Å². The summed E-state index contributed by atoms with van der Waals surface area (Å²) in [4.78, 5) is 29.3. The van der Waals surface area contributed by atoms with Crippen molar-refractivity contribution in [1.82, 2.24) is 0 Å². The van der Waals surface area contributed by atoms with Crippen molar-refractivity contribution in [3.63, 3.8) is 0 Å². The molecular formula is C15H30O4. The van der Waals surface area contributed by atoms with E-state index in [1.807, 2.05) is 34.6 Å². The Balaban J connectivity index is -0.000000203. The lowest BCUT2D eigenvalue weighted by Gasteiger charge is -1.96. The normalized spacial score (nSPS) is 12.2. The third-order valence-electron chi connectivity index (χ3n) is 2.48. The maximum atomic E-state index is 9.93. The van der Waals surface area contributed by atoms with E-state index in [0.29, 0.717) is 12.3 Å². The zero-order valence-electron chi connectivity index (χ0n) is 13.2. The average molecular weight is 274 g/mol. The first-order chi connectivity index (χ1) is 8.76. The summed E-state index contributed by atoms with van der Waals surface area (Å²) in [6.45, 7) is 11.5. The van der Waals surface area contributed by atoms with Crippen LogP contribution in [0.2, 0.25) is 0 Å². The fourth-order valence-electron chi connectivity index (χ4n) is 0.463. The van der Waals surface area contributed by atoms with Crippen molar-refractivity contribution in [2.24, 2.45) is 17.8 Å². The van der Waals surface area contributed by atoms with Crippen LogP contribution < -0.4 is 0 Å². The zero-order chi connectivity index (χ0) is 15.8. The Kier molecular flexibility index (Phi) is 20.3. The van der Waals surface area contributed by atoms with Gasteiger partial charge in [0.2, 0.25) is 0 Å². The lowest BCUT2D eigenvalue weighted by Crippen LogP contribution is -2.06. The molecule has 1 N–H and O–H groups in total. The fourth-order valence-corrected chi connectivity index (χ4v) is 0.463. The molecule has 0 aromatic heterocycles. The zero-order valence-corrected chi connectivity index (χ0v) is 13.2. The number of hydrogen-bond acceptors (Lipinski definition) is 3. The third kappa shape index (κ3) is 26.4. The quantitative estimate of drug-likeness (QED) is 0.751. The highest BCUT2D eigenvalue weighted by atomic mass is 16.4. The molecule has 0 aromatic rings. The molecule has 0 amide bonds. The molecule has 114 valence electrons. The molecule has 0 aliphatic rings. The minimum absolute atomic E-state index is 0.181. The Morgan fingerprint density at radius 2 is 1.53 bits per heavy atom. The van der Waals surface area contributed by atoms with Gasteiger partial charge in [-0.05, 0) is 18.8 Å². The number of rotatable bonds is 6. The average Bonchev–Trinajstić information content (AvgIpc) is 2.37. The summed E-state index contributed by atoms with van der Waals surface area (Å²) in [5, 5.41) is 8.18. The molecule has 0 aromatic carbocycles. The number of carbonyl (C=O) groups excluding carboxylic acids is 2. The van der Waals surface area contributed by atoms with E-state index in [9.17, 15) is 14.4 Å². The molecular weight excluding hydrogens is 244 g/mol. The van der Waals surface area contributed by atoms with E-state index in [2.05, 4.69) is 0 Å². The molecule has 0 fully saturated rings. The van der Waals surface area contributed by atoms with Crippen LogP contribution in [0, 0.1) is 17.8 Å². The Morgan fingerprint density at radius 3 is 1.53 bits per heavy atom. The summed E-state index contributed by atoms with van der Waals surface area (Å²) in [6, 6.07) is 0. The maximum absolute atomic E-state index is 9.93. The van der Waals surface area contributed by atoms with Gasteiger partial charge in [-0.2, -0.15) is 0 Å². The summed E-state index contributed by atoms with van der Waals surface area (Å²) in [5.41, 5.74) is 0. The standard InChI is InChI=1S/C5H10O2.2C5H10O/c1-3-4(2)5(6)7;1-5(2)3-4-6;1-3-5(2)4-6/h4H,3H2,1-2H3,(H,6,7);2*4-5H,3H2,1-2H3. The molecule has 0 saturated heterocycles. The minimum atomic E-state index is -0.706. The van der Waals surface area contributed by atoms with Crippen molar-refractivity contribution in [2.45, 2.75) is 60.8 Å². The first-order valence-electron chi connectivity index (χ1n) is 6.88. The highest BCUT2D eigenvalue weighted by molar-refractivity contribution is 5.69. The first kappa shape index (κ1) is 22.9. The number of carbonyl (C=O) groups is 3. The summed E-state index contributed by atoms with van der Waals surface area (Å²) in [6.07, 6.45) is 4.30. The second-order valence-electron chi connectivity index (χ2n) is 4.97. The van der Waals surface area contributed by atoms with E-state index in [-0.39, 0.29) is 11.8 Å². The Hall–Kier alpha value is -1.19. The van der Waals surface area contributed by atoms with Crippen molar-refractivity contribution in [3.8, 4) is 0 Å². The molecule has 0 heterocycles. The van der Waals surface area contributed by atoms with Crippen LogP contribution >= 0.6 is 0 Å². The monoisotopic (exact) mass is 274 g/mol. The highest BCUT2D eigenvalue weighted by Gasteiger charge is 2.05. The molecule has 4 nitrogen and oxygen atoms in total. The Labute approximate surface area is 117 Å². The number of carboxylic acids is 1. The van der Waals surface area contributed by atoms with E-state index >= 15 is 0 Å². The molecule has 0 spiro atoms. The maximum Gasteiger partial charge on any atom is 0.306 e. The van der Waals surface area contributed by atoms with Crippen LogP contribution in [0.4, 0.5) is 0 Å². The van der Waals surface area contributed by atoms with Crippen molar-refractivity contribution in [1.29, 1.82) is 0 Å². The van der Waals surface area contributed by atoms with Crippen LogP contribution in [-0.2, 0) is 14.4 Å². The Bertz CT molecular complexity index is 224. The molecule has 0 radical (unpaired) electrons. The van der Waals surface area contributed by atoms with Gasteiger partial charge in [-0.1, -0.05) is 41.5 Å². The van der Waals surface area contributed by atoms with Gasteiger partial charge in [0.05, 0.1) is 5.92 Å². The second-order valence-corrected chi connectivity index (χ2v) is 4.97. The summed E-state index contributed by atoms with van der Waals surface area (Å²) >= 11 is 0. The van der Waals surface area contributed by atoms with Gasteiger partial charge >= 0.3 is 5.97 Å². The van der Waals surface area contributed by atoms with Crippen LogP contribution in [0.3, 0.4) is 0 Å². The van der Waals surface area contributed by atoms with Crippen molar-refractivity contribution < 1.29 is 19.5 Å². The number of aldehydes is 2. The van der Waals surface area contributed by atoms with Crippen LogP contribution in [0.25, 0.3) is 0 Å². The highest BCUT2D eigenvalue weighted by Crippen LogP contribution is 1.97. The van der Waals surface area contributed by atoms with E-state index < -0.39 is 5.97 Å². The molecule has 4 heteroatoms. The largest absolute Gasteiger partial charge is 0.481 e. The number of hydrogen-bond donors (Lipinski definition) is 1. The second kappa shape index (κ2) is 16.8. The Morgan fingerprint density at radius 1 is 1.05 bits per heavy atom.